The van der Waals surface area contributed by atoms with Crippen molar-refractivity contribution in [3.8, 4) is 0 Å². The van der Waals surface area contributed by atoms with E-state index in [1.165, 1.54) is 4.90 Å². The van der Waals surface area contributed by atoms with Gasteiger partial charge in [-0.2, -0.15) is 0 Å². The van der Waals surface area contributed by atoms with Crippen LogP contribution >= 0.6 is 11.8 Å². The number of thioether (sulfide) groups is 1. The van der Waals surface area contributed by atoms with E-state index in [0.717, 1.165) is 22.1 Å². The first-order valence-corrected chi connectivity index (χ1v) is 6.30. The molecule has 0 aliphatic rings. The summed E-state index contributed by atoms with van der Waals surface area (Å²) in [7, 11) is 0. The van der Waals surface area contributed by atoms with Gasteiger partial charge in [-0.3, -0.25) is 0 Å². The van der Waals surface area contributed by atoms with Crippen molar-refractivity contribution in [2.24, 2.45) is 0 Å². The number of nitrogens with zero attached hydrogens (tertiary/aromatic N) is 2. The highest BCUT2D eigenvalue weighted by atomic mass is 32.2. The molecule has 0 radical (unpaired) electrons. The van der Waals surface area contributed by atoms with Gasteiger partial charge in [0.15, 0.2) is 0 Å². The van der Waals surface area contributed by atoms with Gasteiger partial charge in [0.05, 0.1) is 16.6 Å². The molecular formula is C13H10N2S. The molecule has 0 spiro atoms. The predicted octanol–water partition coefficient (Wildman–Crippen LogP) is 3.50. The third-order valence-corrected chi connectivity index (χ3v) is 3.32. The Morgan fingerprint density at radius 3 is 2.25 bits per heavy atom. The molecule has 0 amide bonds. The second-order valence-corrected chi connectivity index (χ2v) is 4.39. The fraction of sp³-hybridized carbons (Fsp3) is 0.0769. The SMILES string of the molecule is CSc1cccc2nc3ccccc3nc12. The van der Waals surface area contributed by atoms with Crippen LogP contribution in [0.25, 0.3) is 22.1 Å². The van der Waals surface area contributed by atoms with Gasteiger partial charge in [0.1, 0.15) is 5.52 Å². The fourth-order valence-corrected chi connectivity index (χ4v) is 2.34. The van der Waals surface area contributed by atoms with Crippen LogP contribution in [-0.4, -0.2) is 16.2 Å². The molecule has 1 aromatic heterocycles. The Balaban J connectivity index is 2.46. The zero-order chi connectivity index (χ0) is 11.0. The summed E-state index contributed by atoms with van der Waals surface area (Å²) in [6, 6.07) is 14.1. The van der Waals surface area contributed by atoms with Crippen LogP contribution in [0.3, 0.4) is 0 Å². The van der Waals surface area contributed by atoms with Gasteiger partial charge in [-0.05, 0) is 30.5 Å². The minimum atomic E-state index is 0.952. The molecule has 0 bridgehead atoms. The molecule has 0 saturated heterocycles. The molecule has 0 saturated carbocycles. The maximum Gasteiger partial charge on any atom is 0.103 e. The Morgan fingerprint density at radius 2 is 1.50 bits per heavy atom. The molecule has 3 aromatic rings. The minimum absolute atomic E-state index is 0.952. The van der Waals surface area contributed by atoms with E-state index in [0.29, 0.717) is 0 Å². The molecule has 0 N–H and O–H groups in total. The summed E-state index contributed by atoms with van der Waals surface area (Å²) in [4.78, 5) is 10.5. The quantitative estimate of drug-likeness (QED) is 0.469. The zero-order valence-corrected chi connectivity index (χ0v) is 9.66. The van der Waals surface area contributed by atoms with Gasteiger partial charge >= 0.3 is 0 Å². The van der Waals surface area contributed by atoms with Crippen molar-refractivity contribution >= 4 is 33.8 Å². The lowest BCUT2D eigenvalue weighted by molar-refractivity contribution is 1.34. The molecule has 78 valence electrons. The third-order valence-electron chi connectivity index (χ3n) is 2.55. The lowest BCUT2D eigenvalue weighted by atomic mass is 10.2. The van der Waals surface area contributed by atoms with Crippen LogP contribution in [0.2, 0.25) is 0 Å². The first kappa shape index (κ1) is 9.60. The Kier molecular flexibility index (Phi) is 2.26. The van der Waals surface area contributed by atoms with Gasteiger partial charge < -0.3 is 0 Å². The van der Waals surface area contributed by atoms with E-state index in [9.17, 15) is 0 Å². The predicted molar refractivity (Wildman–Crippen MR) is 68.8 cm³/mol. The van der Waals surface area contributed by atoms with Crippen LogP contribution in [0.5, 0.6) is 0 Å². The maximum atomic E-state index is 4.67. The van der Waals surface area contributed by atoms with Gasteiger partial charge in [0.2, 0.25) is 0 Å². The third kappa shape index (κ3) is 1.44. The van der Waals surface area contributed by atoms with Gasteiger partial charge in [-0.15, -0.1) is 11.8 Å². The van der Waals surface area contributed by atoms with Crippen LogP contribution in [0, 0.1) is 0 Å². The van der Waals surface area contributed by atoms with Crippen LogP contribution in [-0.2, 0) is 0 Å². The molecule has 2 aromatic carbocycles. The number of benzene rings is 2. The first-order valence-electron chi connectivity index (χ1n) is 5.08. The Hall–Kier alpha value is -1.61. The van der Waals surface area contributed by atoms with Gasteiger partial charge in [0.25, 0.3) is 0 Å². The van der Waals surface area contributed by atoms with Gasteiger partial charge in [-0.1, -0.05) is 18.2 Å². The highest BCUT2D eigenvalue weighted by Gasteiger charge is 2.04. The molecule has 0 unspecified atom stereocenters. The van der Waals surface area contributed by atoms with Crippen LogP contribution < -0.4 is 0 Å². The first-order chi connectivity index (χ1) is 7.88. The van der Waals surface area contributed by atoms with Crippen molar-refractivity contribution in [3.63, 3.8) is 0 Å². The lowest BCUT2D eigenvalue weighted by Gasteiger charge is -2.03. The molecule has 0 aliphatic carbocycles. The average molecular weight is 226 g/mol. The standard InChI is InChI=1S/C13H10N2S/c1-16-12-8-4-7-11-13(12)15-10-6-3-2-5-9(10)14-11/h2-8H,1H3. The smallest absolute Gasteiger partial charge is 0.103 e. The topological polar surface area (TPSA) is 25.8 Å². The minimum Gasteiger partial charge on any atom is -0.244 e. The molecule has 3 heteroatoms. The molecule has 0 atom stereocenters. The molecule has 2 nitrogen and oxygen atoms in total. The highest BCUT2D eigenvalue weighted by Crippen LogP contribution is 2.25. The van der Waals surface area contributed by atoms with Crippen molar-refractivity contribution in [1.82, 2.24) is 9.97 Å². The fourth-order valence-electron chi connectivity index (χ4n) is 1.78. The molecule has 0 fully saturated rings. The molecule has 0 aliphatic heterocycles. The average Bonchev–Trinajstić information content (AvgIpc) is 2.35. The van der Waals surface area contributed by atoms with E-state index in [4.69, 9.17) is 0 Å². The van der Waals surface area contributed by atoms with E-state index >= 15 is 0 Å². The number of rotatable bonds is 1. The highest BCUT2D eigenvalue weighted by molar-refractivity contribution is 7.98. The molecule has 1 heterocycles. The van der Waals surface area contributed by atoms with Gasteiger partial charge in [-0.25, -0.2) is 9.97 Å². The van der Waals surface area contributed by atoms with Crippen molar-refractivity contribution in [2.75, 3.05) is 6.26 Å². The summed E-state index contributed by atoms with van der Waals surface area (Å²) in [5, 5.41) is 0. The van der Waals surface area contributed by atoms with E-state index in [2.05, 4.69) is 22.3 Å². The molecular weight excluding hydrogens is 216 g/mol. The number of fused-ring (bicyclic) bond motifs is 2. The Morgan fingerprint density at radius 1 is 0.812 bits per heavy atom. The normalized spacial score (nSPS) is 11.1. The number of hydrogen-bond acceptors (Lipinski definition) is 3. The second kappa shape index (κ2) is 3.76. The zero-order valence-electron chi connectivity index (χ0n) is 8.84. The molecule has 16 heavy (non-hydrogen) atoms. The monoisotopic (exact) mass is 226 g/mol. The van der Waals surface area contributed by atoms with E-state index in [-0.39, 0.29) is 0 Å². The van der Waals surface area contributed by atoms with Crippen molar-refractivity contribution < 1.29 is 0 Å². The van der Waals surface area contributed by atoms with Crippen LogP contribution in [0.15, 0.2) is 47.4 Å². The number of hydrogen-bond donors (Lipinski definition) is 0. The van der Waals surface area contributed by atoms with E-state index in [1.807, 2.05) is 36.4 Å². The summed E-state index contributed by atoms with van der Waals surface area (Å²) in [5.41, 5.74) is 3.86. The van der Waals surface area contributed by atoms with Crippen molar-refractivity contribution in [3.05, 3.63) is 42.5 Å². The summed E-state index contributed by atoms with van der Waals surface area (Å²) < 4.78 is 0. The largest absolute Gasteiger partial charge is 0.244 e. The Bertz CT molecular complexity index is 664. The van der Waals surface area contributed by atoms with E-state index in [1.54, 1.807) is 11.8 Å². The summed E-state index contributed by atoms with van der Waals surface area (Å²) in [6.07, 6.45) is 2.06. The Labute approximate surface area is 97.7 Å². The summed E-state index contributed by atoms with van der Waals surface area (Å²) in [5.74, 6) is 0. The summed E-state index contributed by atoms with van der Waals surface area (Å²) >= 11 is 1.70. The van der Waals surface area contributed by atoms with Crippen LogP contribution in [0.1, 0.15) is 0 Å². The summed E-state index contributed by atoms with van der Waals surface area (Å²) in [6.45, 7) is 0. The maximum absolute atomic E-state index is 4.67. The second-order valence-electron chi connectivity index (χ2n) is 3.54. The number of para-hydroxylation sites is 3. The van der Waals surface area contributed by atoms with E-state index < -0.39 is 0 Å². The lowest BCUT2D eigenvalue weighted by Crippen LogP contribution is -1.88. The van der Waals surface area contributed by atoms with Crippen LogP contribution in [0.4, 0.5) is 0 Å². The van der Waals surface area contributed by atoms with Crippen molar-refractivity contribution in [2.45, 2.75) is 4.90 Å². The van der Waals surface area contributed by atoms with Gasteiger partial charge in [0, 0.05) is 4.90 Å². The van der Waals surface area contributed by atoms with Crippen molar-refractivity contribution in [1.29, 1.82) is 0 Å². The number of aromatic nitrogens is 2. The molecule has 3 rings (SSSR count).